The lowest BCUT2D eigenvalue weighted by Gasteiger charge is -2.19. The van der Waals surface area contributed by atoms with Crippen LogP contribution in [-0.2, 0) is 6.42 Å². The first-order chi connectivity index (χ1) is 18.0. The number of rotatable bonds is 5. The van der Waals surface area contributed by atoms with E-state index in [1.165, 1.54) is 12.1 Å². The van der Waals surface area contributed by atoms with Crippen LogP contribution in [0.1, 0.15) is 21.6 Å². The molecule has 3 heterocycles. The third-order valence-electron chi connectivity index (χ3n) is 6.39. The molecule has 1 N–H and O–H groups in total. The zero-order chi connectivity index (χ0) is 25.4. The predicted molar refractivity (Wildman–Crippen MR) is 142 cm³/mol. The summed E-state index contributed by atoms with van der Waals surface area (Å²) in [4.78, 5) is 23.9. The molecule has 0 aliphatic carbocycles. The molecule has 3 aromatic carbocycles. The highest BCUT2D eigenvalue weighted by molar-refractivity contribution is 6.08. The first kappa shape index (κ1) is 22.7. The van der Waals surface area contributed by atoms with Crippen LogP contribution in [0.15, 0.2) is 91.3 Å². The summed E-state index contributed by atoms with van der Waals surface area (Å²) < 4.78 is 20.0. The fraction of sp³-hybridized carbons (Fsp3) is 0.100. The summed E-state index contributed by atoms with van der Waals surface area (Å²) in [5.74, 6) is 1.02. The van der Waals surface area contributed by atoms with Gasteiger partial charge in [-0.15, -0.1) is 0 Å². The molecule has 5 aromatic rings. The van der Waals surface area contributed by atoms with E-state index in [4.69, 9.17) is 4.74 Å². The number of carbonyl (C=O) groups excluding carboxylic acids is 1. The SMILES string of the molecule is Cc1cc(Nc2cccc(C(=O)N3CCc4c(Oc5ccncc5)cccc43)c2)c2cc(F)ccc2n1. The van der Waals surface area contributed by atoms with Gasteiger partial charge in [-0.05, 0) is 80.1 Å². The van der Waals surface area contributed by atoms with E-state index in [0.717, 1.165) is 34.1 Å². The molecule has 1 aliphatic rings. The number of halogens is 1. The molecule has 0 fully saturated rings. The second kappa shape index (κ2) is 9.35. The van der Waals surface area contributed by atoms with Crippen molar-refractivity contribution in [1.82, 2.24) is 9.97 Å². The van der Waals surface area contributed by atoms with E-state index in [2.05, 4.69) is 15.3 Å². The monoisotopic (exact) mass is 490 g/mol. The lowest BCUT2D eigenvalue weighted by Crippen LogP contribution is -2.28. The quantitative estimate of drug-likeness (QED) is 0.293. The molecule has 0 spiro atoms. The van der Waals surface area contributed by atoms with Crippen LogP contribution in [0.2, 0.25) is 0 Å². The molecule has 7 heteroatoms. The number of fused-ring (bicyclic) bond motifs is 2. The zero-order valence-corrected chi connectivity index (χ0v) is 20.1. The molecule has 37 heavy (non-hydrogen) atoms. The second-order valence-electron chi connectivity index (χ2n) is 8.92. The van der Waals surface area contributed by atoms with Gasteiger partial charge < -0.3 is 15.0 Å². The lowest BCUT2D eigenvalue weighted by atomic mass is 10.1. The Balaban J connectivity index is 1.28. The van der Waals surface area contributed by atoms with Crippen LogP contribution in [-0.4, -0.2) is 22.4 Å². The number of aryl methyl sites for hydroxylation is 1. The molecule has 1 amide bonds. The van der Waals surface area contributed by atoms with E-state index in [1.807, 2.05) is 49.4 Å². The zero-order valence-electron chi connectivity index (χ0n) is 20.1. The minimum atomic E-state index is -0.329. The molecule has 0 unspecified atom stereocenters. The summed E-state index contributed by atoms with van der Waals surface area (Å²) in [6, 6.07) is 23.1. The van der Waals surface area contributed by atoms with Gasteiger partial charge in [0, 0.05) is 52.5 Å². The van der Waals surface area contributed by atoms with Gasteiger partial charge >= 0.3 is 0 Å². The van der Waals surface area contributed by atoms with E-state index in [0.29, 0.717) is 35.2 Å². The largest absolute Gasteiger partial charge is 0.457 e. The van der Waals surface area contributed by atoms with Crippen LogP contribution in [0.5, 0.6) is 11.5 Å². The van der Waals surface area contributed by atoms with Crippen molar-refractivity contribution in [1.29, 1.82) is 0 Å². The summed E-state index contributed by atoms with van der Waals surface area (Å²) in [5.41, 5.74) is 5.39. The Morgan fingerprint density at radius 2 is 1.84 bits per heavy atom. The predicted octanol–water partition coefficient (Wildman–Crippen LogP) is 6.82. The number of aromatic nitrogens is 2. The Labute approximate surface area is 213 Å². The highest BCUT2D eigenvalue weighted by Gasteiger charge is 2.28. The molecular formula is C30H23FN4O2. The molecule has 6 nitrogen and oxygen atoms in total. The lowest BCUT2D eigenvalue weighted by molar-refractivity contribution is 0.0989. The number of benzene rings is 3. The summed E-state index contributed by atoms with van der Waals surface area (Å²) in [6.07, 6.45) is 4.07. The molecule has 2 aromatic heterocycles. The van der Waals surface area contributed by atoms with Gasteiger partial charge in [0.05, 0.1) is 11.2 Å². The van der Waals surface area contributed by atoms with Gasteiger partial charge in [-0.1, -0.05) is 12.1 Å². The Kier molecular flexibility index (Phi) is 5.73. The number of carbonyl (C=O) groups is 1. The minimum absolute atomic E-state index is 0.0923. The van der Waals surface area contributed by atoms with Crippen molar-refractivity contribution >= 4 is 33.9 Å². The first-order valence-corrected chi connectivity index (χ1v) is 12.0. The molecular weight excluding hydrogens is 467 g/mol. The van der Waals surface area contributed by atoms with Gasteiger partial charge in [-0.25, -0.2) is 4.39 Å². The molecule has 1 aliphatic heterocycles. The number of ether oxygens (including phenoxy) is 1. The maximum absolute atomic E-state index is 14.0. The van der Waals surface area contributed by atoms with Crippen LogP contribution in [0, 0.1) is 12.7 Å². The minimum Gasteiger partial charge on any atom is -0.457 e. The number of pyridine rings is 2. The van der Waals surface area contributed by atoms with Crippen LogP contribution < -0.4 is 15.0 Å². The van der Waals surface area contributed by atoms with Gasteiger partial charge in [0.1, 0.15) is 17.3 Å². The average molecular weight is 491 g/mol. The average Bonchev–Trinajstić information content (AvgIpc) is 3.35. The Morgan fingerprint density at radius 3 is 2.70 bits per heavy atom. The summed E-state index contributed by atoms with van der Waals surface area (Å²) in [6.45, 7) is 2.46. The Bertz CT molecular complexity index is 1640. The topological polar surface area (TPSA) is 67.4 Å². The van der Waals surface area contributed by atoms with Crippen LogP contribution >= 0.6 is 0 Å². The van der Waals surface area contributed by atoms with Crippen molar-refractivity contribution in [3.8, 4) is 11.5 Å². The molecule has 0 radical (unpaired) electrons. The number of anilines is 3. The first-order valence-electron chi connectivity index (χ1n) is 12.0. The maximum Gasteiger partial charge on any atom is 0.258 e. The van der Waals surface area contributed by atoms with Gasteiger partial charge in [-0.3, -0.25) is 14.8 Å². The highest BCUT2D eigenvalue weighted by Crippen LogP contribution is 2.38. The molecule has 0 atom stereocenters. The van der Waals surface area contributed by atoms with Gasteiger partial charge in [0.25, 0.3) is 5.91 Å². The van der Waals surface area contributed by atoms with E-state index in [1.54, 1.807) is 41.6 Å². The van der Waals surface area contributed by atoms with E-state index in [-0.39, 0.29) is 11.7 Å². The number of hydrogen-bond donors (Lipinski definition) is 1. The van der Waals surface area contributed by atoms with Crippen LogP contribution in [0.3, 0.4) is 0 Å². The van der Waals surface area contributed by atoms with Gasteiger partial charge in [0.15, 0.2) is 0 Å². The Hall–Kier alpha value is -4.78. The summed E-state index contributed by atoms with van der Waals surface area (Å²) in [5, 5.41) is 4.03. The molecule has 182 valence electrons. The molecule has 6 rings (SSSR count). The summed E-state index contributed by atoms with van der Waals surface area (Å²) >= 11 is 0. The number of nitrogens with one attached hydrogen (secondary N) is 1. The third kappa shape index (κ3) is 4.47. The van der Waals surface area contributed by atoms with Crippen molar-refractivity contribution < 1.29 is 13.9 Å². The van der Waals surface area contributed by atoms with Crippen molar-refractivity contribution in [3.63, 3.8) is 0 Å². The fourth-order valence-electron chi connectivity index (χ4n) is 4.72. The van der Waals surface area contributed by atoms with E-state index >= 15 is 0 Å². The van der Waals surface area contributed by atoms with Crippen molar-refractivity contribution in [2.75, 3.05) is 16.8 Å². The van der Waals surface area contributed by atoms with E-state index in [9.17, 15) is 9.18 Å². The number of amides is 1. The number of hydrogen-bond acceptors (Lipinski definition) is 5. The van der Waals surface area contributed by atoms with Crippen molar-refractivity contribution in [2.45, 2.75) is 13.3 Å². The van der Waals surface area contributed by atoms with Crippen molar-refractivity contribution in [3.05, 3.63) is 114 Å². The third-order valence-corrected chi connectivity index (χ3v) is 6.39. The maximum atomic E-state index is 14.0. The fourth-order valence-corrected chi connectivity index (χ4v) is 4.72. The molecule has 0 bridgehead atoms. The molecule has 0 saturated heterocycles. The Morgan fingerprint density at radius 1 is 1.00 bits per heavy atom. The smallest absolute Gasteiger partial charge is 0.258 e. The molecule has 0 saturated carbocycles. The van der Waals surface area contributed by atoms with E-state index < -0.39 is 0 Å². The summed E-state index contributed by atoms with van der Waals surface area (Å²) in [7, 11) is 0. The highest BCUT2D eigenvalue weighted by atomic mass is 19.1. The van der Waals surface area contributed by atoms with Gasteiger partial charge in [-0.2, -0.15) is 0 Å². The van der Waals surface area contributed by atoms with Crippen LogP contribution in [0.4, 0.5) is 21.5 Å². The number of nitrogens with zero attached hydrogens (tertiary/aromatic N) is 3. The van der Waals surface area contributed by atoms with Crippen molar-refractivity contribution in [2.24, 2.45) is 0 Å². The van der Waals surface area contributed by atoms with Crippen LogP contribution in [0.25, 0.3) is 10.9 Å². The normalized spacial score (nSPS) is 12.4. The van der Waals surface area contributed by atoms with Gasteiger partial charge in [0.2, 0.25) is 0 Å². The standard InChI is InChI=1S/C30H23FN4O2/c1-19-16-27(25-18-21(31)8-9-26(25)33-19)34-22-5-2-4-20(17-22)30(36)35-15-12-24-28(35)6-3-7-29(24)37-23-10-13-32-14-11-23/h2-11,13-14,16-18H,12,15H2,1H3,(H,33,34). The second-order valence-corrected chi connectivity index (χ2v) is 8.92.